The number of amides is 1. The lowest BCUT2D eigenvalue weighted by Crippen LogP contribution is -2.12. The SMILES string of the molecule is Cc1ccc2[nH]c(C)c(C(=O)Nc3cc(C)on3)c2c1. The second-order valence-electron chi connectivity index (χ2n) is 4.95. The molecule has 0 aliphatic heterocycles. The normalized spacial score (nSPS) is 10.9. The van der Waals surface area contributed by atoms with Crippen LogP contribution < -0.4 is 5.32 Å². The number of aromatic amines is 1. The molecule has 3 aromatic rings. The number of H-pyrrole nitrogens is 1. The second-order valence-corrected chi connectivity index (χ2v) is 4.95. The van der Waals surface area contributed by atoms with E-state index in [1.54, 1.807) is 13.0 Å². The first-order chi connectivity index (χ1) is 9.54. The van der Waals surface area contributed by atoms with Crippen molar-refractivity contribution in [2.45, 2.75) is 20.8 Å². The smallest absolute Gasteiger partial charge is 0.259 e. The number of nitrogens with zero attached hydrogens (tertiary/aromatic N) is 1. The molecule has 0 fully saturated rings. The van der Waals surface area contributed by atoms with Crippen LogP contribution in [0.4, 0.5) is 5.82 Å². The van der Waals surface area contributed by atoms with E-state index in [9.17, 15) is 4.79 Å². The lowest BCUT2D eigenvalue weighted by atomic mass is 10.1. The predicted octanol–water partition coefficient (Wildman–Crippen LogP) is 3.33. The van der Waals surface area contributed by atoms with Crippen molar-refractivity contribution in [1.82, 2.24) is 10.1 Å². The fourth-order valence-electron chi connectivity index (χ4n) is 2.34. The summed E-state index contributed by atoms with van der Waals surface area (Å²) < 4.78 is 4.95. The van der Waals surface area contributed by atoms with Gasteiger partial charge in [-0.15, -0.1) is 0 Å². The summed E-state index contributed by atoms with van der Waals surface area (Å²) in [6.07, 6.45) is 0. The fraction of sp³-hybridized carbons (Fsp3) is 0.200. The minimum atomic E-state index is -0.187. The maximum Gasteiger partial charge on any atom is 0.259 e. The van der Waals surface area contributed by atoms with Gasteiger partial charge >= 0.3 is 0 Å². The molecule has 1 aromatic carbocycles. The summed E-state index contributed by atoms with van der Waals surface area (Å²) in [6, 6.07) is 7.69. The van der Waals surface area contributed by atoms with E-state index in [0.717, 1.165) is 22.2 Å². The van der Waals surface area contributed by atoms with Crippen molar-refractivity contribution in [3.63, 3.8) is 0 Å². The average Bonchev–Trinajstić information content (AvgIpc) is 2.91. The summed E-state index contributed by atoms with van der Waals surface area (Å²) in [6.45, 7) is 5.67. The first-order valence-electron chi connectivity index (χ1n) is 6.38. The number of aromatic nitrogens is 2. The van der Waals surface area contributed by atoms with E-state index in [0.29, 0.717) is 17.1 Å². The van der Waals surface area contributed by atoms with Crippen molar-refractivity contribution >= 4 is 22.6 Å². The second kappa shape index (κ2) is 4.52. The summed E-state index contributed by atoms with van der Waals surface area (Å²) in [5, 5.41) is 7.45. The molecular weight excluding hydrogens is 254 g/mol. The number of aryl methyl sites for hydroxylation is 3. The van der Waals surface area contributed by atoms with Gasteiger partial charge < -0.3 is 14.8 Å². The molecule has 2 N–H and O–H groups in total. The van der Waals surface area contributed by atoms with Gasteiger partial charge in [0.25, 0.3) is 5.91 Å². The number of rotatable bonds is 2. The first kappa shape index (κ1) is 12.5. The zero-order chi connectivity index (χ0) is 14.3. The van der Waals surface area contributed by atoms with Gasteiger partial charge in [0, 0.05) is 22.7 Å². The molecule has 0 radical (unpaired) electrons. The summed E-state index contributed by atoms with van der Waals surface area (Å²) >= 11 is 0. The van der Waals surface area contributed by atoms with Crippen LogP contribution in [0, 0.1) is 20.8 Å². The lowest BCUT2D eigenvalue weighted by Gasteiger charge is -2.02. The van der Waals surface area contributed by atoms with Crippen molar-refractivity contribution in [3.8, 4) is 0 Å². The molecule has 0 bridgehead atoms. The predicted molar refractivity (Wildman–Crippen MR) is 77.0 cm³/mol. The van der Waals surface area contributed by atoms with Crippen LogP contribution >= 0.6 is 0 Å². The van der Waals surface area contributed by atoms with Gasteiger partial charge in [0.15, 0.2) is 5.82 Å². The van der Waals surface area contributed by atoms with Gasteiger partial charge in [-0.25, -0.2) is 0 Å². The largest absolute Gasteiger partial charge is 0.360 e. The van der Waals surface area contributed by atoms with Gasteiger partial charge in [-0.05, 0) is 32.9 Å². The van der Waals surface area contributed by atoms with Crippen LogP contribution in [0.3, 0.4) is 0 Å². The number of nitrogens with one attached hydrogen (secondary N) is 2. The molecule has 2 aromatic heterocycles. The third-order valence-corrected chi connectivity index (χ3v) is 3.24. The highest BCUT2D eigenvalue weighted by atomic mass is 16.5. The van der Waals surface area contributed by atoms with Crippen molar-refractivity contribution < 1.29 is 9.32 Å². The number of hydrogen-bond donors (Lipinski definition) is 2. The Hall–Kier alpha value is -2.56. The quantitative estimate of drug-likeness (QED) is 0.749. The maximum absolute atomic E-state index is 12.4. The van der Waals surface area contributed by atoms with Gasteiger partial charge in [-0.3, -0.25) is 4.79 Å². The van der Waals surface area contributed by atoms with E-state index in [-0.39, 0.29) is 5.91 Å². The van der Waals surface area contributed by atoms with Gasteiger partial charge in [0.2, 0.25) is 0 Å². The molecule has 2 heterocycles. The monoisotopic (exact) mass is 269 g/mol. The molecule has 5 nitrogen and oxygen atoms in total. The van der Waals surface area contributed by atoms with E-state index in [1.807, 2.05) is 32.0 Å². The molecule has 3 rings (SSSR count). The Kier molecular flexibility index (Phi) is 2.82. The summed E-state index contributed by atoms with van der Waals surface area (Å²) in [5.41, 5.74) is 3.55. The van der Waals surface area contributed by atoms with Crippen LogP contribution in [-0.4, -0.2) is 16.0 Å². The molecule has 0 saturated carbocycles. The van der Waals surface area contributed by atoms with Crippen LogP contribution in [0.2, 0.25) is 0 Å². The standard InChI is InChI=1S/C15H15N3O2/c1-8-4-5-12-11(6-8)14(10(3)16-12)15(19)17-13-7-9(2)20-18-13/h4-7,16H,1-3H3,(H,17,18,19). The Morgan fingerprint density at radius 2 is 2.05 bits per heavy atom. The van der Waals surface area contributed by atoms with E-state index < -0.39 is 0 Å². The average molecular weight is 269 g/mol. The number of fused-ring (bicyclic) bond motifs is 1. The summed E-state index contributed by atoms with van der Waals surface area (Å²) in [7, 11) is 0. The van der Waals surface area contributed by atoms with Gasteiger partial charge in [0.1, 0.15) is 5.76 Å². The third-order valence-electron chi connectivity index (χ3n) is 3.24. The number of anilines is 1. The molecule has 0 aliphatic rings. The van der Waals surface area contributed by atoms with Crippen LogP contribution in [0.1, 0.15) is 27.4 Å². The Balaban J connectivity index is 2.02. The Morgan fingerprint density at radius 3 is 2.75 bits per heavy atom. The van der Waals surface area contributed by atoms with Crippen LogP contribution in [-0.2, 0) is 0 Å². The number of benzene rings is 1. The highest BCUT2D eigenvalue weighted by molar-refractivity contribution is 6.13. The van der Waals surface area contributed by atoms with E-state index >= 15 is 0 Å². The van der Waals surface area contributed by atoms with Gasteiger partial charge in [-0.1, -0.05) is 16.8 Å². The Morgan fingerprint density at radius 1 is 1.25 bits per heavy atom. The van der Waals surface area contributed by atoms with Crippen LogP contribution in [0.5, 0.6) is 0 Å². The molecule has 0 saturated heterocycles. The van der Waals surface area contributed by atoms with Crippen molar-refractivity contribution in [1.29, 1.82) is 0 Å². The highest BCUT2D eigenvalue weighted by Gasteiger charge is 2.17. The maximum atomic E-state index is 12.4. The van der Waals surface area contributed by atoms with Crippen LogP contribution in [0.25, 0.3) is 10.9 Å². The van der Waals surface area contributed by atoms with E-state index in [4.69, 9.17) is 4.52 Å². The number of carbonyl (C=O) groups is 1. The van der Waals surface area contributed by atoms with Crippen LogP contribution in [0.15, 0.2) is 28.8 Å². The number of hydrogen-bond acceptors (Lipinski definition) is 3. The highest BCUT2D eigenvalue weighted by Crippen LogP contribution is 2.24. The minimum Gasteiger partial charge on any atom is -0.360 e. The molecule has 1 amide bonds. The van der Waals surface area contributed by atoms with Crippen molar-refractivity contribution in [2.75, 3.05) is 5.32 Å². The first-order valence-corrected chi connectivity index (χ1v) is 6.38. The molecule has 0 unspecified atom stereocenters. The van der Waals surface area contributed by atoms with Crippen molar-refractivity contribution in [2.24, 2.45) is 0 Å². The lowest BCUT2D eigenvalue weighted by molar-refractivity contribution is 0.102. The molecule has 102 valence electrons. The van der Waals surface area contributed by atoms with Gasteiger partial charge in [-0.2, -0.15) is 0 Å². The van der Waals surface area contributed by atoms with Crippen molar-refractivity contribution in [3.05, 3.63) is 46.8 Å². The molecular formula is C15H15N3O2. The summed E-state index contributed by atoms with van der Waals surface area (Å²) in [4.78, 5) is 15.6. The molecule has 0 spiro atoms. The minimum absolute atomic E-state index is 0.187. The number of carbonyl (C=O) groups excluding carboxylic acids is 1. The topological polar surface area (TPSA) is 70.9 Å². The van der Waals surface area contributed by atoms with E-state index in [2.05, 4.69) is 15.5 Å². The third kappa shape index (κ3) is 2.07. The Bertz CT molecular complexity index is 799. The molecule has 0 aliphatic carbocycles. The zero-order valence-corrected chi connectivity index (χ0v) is 11.6. The fourth-order valence-corrected chi connectivity index (χ4v) is 2.34. The molecule has 0 atom stereocenters. The van der Waals surface area contributed by atoms with Gasteiger partial charge in [0.05, 0.1) is 5.56 Å². The Labute approximate surface area is 116 Å². The molecule has 20 heavy (non-hydrogen) atoms. The molecule has 5 heteroatoms. The van der Waals surface area contributed by atoms with E-state index in [1.165, 1.54) is 0 Å². The summed E-state index contributed by atoms with van der Waals surface area (Å²) in [5.74, 6) is 0.897. The zero-order valence-electron chi connectivity index (χ0n) is 11.6.